The molecule has 0 aliphatic heterocycles. The second-order valence-electron chi connectivity index (χ2n) is 5.66. The molecule has 3 aromatic rings. The molecule has 0 bridgehead atoms. The highest BCUT2D eigenvalue weighted by Gasteiger charge is 2.19. The van der Waals surface area contributed by atoms with E-state index in [-0.39, 0.29) is 19.9 Å². The lowest BCUT2D eigenvalue weighted by atomic mass is 10.2. The highest BCUT2D eigenvalue weighted by atomic mass is 32.2. The van der Waals surface area contributed by atoms with Gasteiger partial charge in [0.25, 0.3) is 10.0 Å². The summed E-state index contributed by atoms with van der Waals surface area (Å²) in [6.07, 6.45) is 0. The van der Waals surface area contributed by atoms with Gasteiger partial charge in [0.2, 0.25) is 4.80 Å². The molecule has 0 radical (unpaired) electrons. The minimum atomic E-state index is -4.12. The number of methoxy groups -OCH3 is 1. The fourth-order valence-corrected chi connectivity index (χ4v) is 4.68. The second kappa shape index (κ2) is 7.20. The van der Waals surface area contributed by atoms with Gasteiger partial charge in [0, 0.05) is 6.07 Å². The van der Waals surface area contributed by atoms with Crippen LogP contribution in [0.4, 0.5) is 8.78 Å². The van der Waals surface area contributed by atoms with Crippen LogP contribution in [-0.4, -0.2) is 26.1 Å². The van der Waals surface area contributed by atoms with Gasteiger partial charge in [-0.15, -0.1) is 4.40 Å². The lowest BCUT2D eigenvalue weighted by Gasteiger charge is -2.05. The third kappa shape index (κ3) is 3.91. The number of hydrogen-bond acceptors (Lipinski definition) is 5. The molecule has 0 aliphatic rings. The fraction of sp³-hybridized carbons (Fsp3) is 0.176. The molecule has 2 aromatic carbocycles. The van der Waals surface area contributed by atoms with Gasteiger partial charge in [0.15, 0.2) is 5.82 Å². The van der Waals surface area contributed by atoms with Crippen molar-refractivity contribution >= 4 is 37.5 Å². The lowest BCUT2D eigenvalue weighted by molar-refractivity contribution is -0.141. The monoisotopic (exact) mass is 412 g/mol. The predicted octanol–water partition coefficient (Wildman–Crippen LogP) is 2.75. The largest absolute Gasteiger partial charge is 0.468 e. The van der Waals surface area contributed by atoms with Crippen molar-refractivity contribution < 1.29 is 26.7 Å². The highest BCUT2D eigenvalue weighted by Crippen LogP contribution is 2.23. The Morgan fingerprint density at radius 3 is 2.52 bits per heavy atom. The molecule has 10 heteroatoms. The molecular formula is C17H14F2N2O4S2. The highest BCUT2D eigenvalue weighted by molar-refractivity contribution is 7.90. The van der Waals surface area contributed by atoms with Crippen molar-refractivity contribution in [1.29, 1.82) is 0 Å². The zero-order valence-corrected chi connectivity index (χ0v) is 15.9. The van der Waals surface area contributed by atoms with E-state index in [9.17, 15) is 22.0 Å². The molecule has 6 nitrogen and oxygen atoms in total. The summed E-state index contributed by atoms with van der Waals surface area (Å²) in [7, 11) is -2.97. The van der Waals surface area contributed by atoms with Crippen LogP contribution in [0.15, 0.2) is 45.7 Å². The number of nitrogens with zero attached hydrogens (tertiary/aromatic N) is 2. The van der Waals surface area contributed by atoms with Gasteiger partial charge in [-0.1, -0.05) is 29.0 Å². The summed E-state index contributed by atoms with van der Waals surface area (Å²) < 4.78 is 62.5. The van der Waals surface area contributed by atoms with Gasteiger partial charge in [0.1, 0.15) is 12.4 Å². The Bertz CT molecular complexity index is 1200. The summed E-state index contributed by atoms with van der Waals surface area (Å²) in [5.74, 6) is -2.48. The van der Waals surface area contributed by atoms with E-state index < -0.39 is 34.2 Å². The van der Waals surface area contributed by atoms with Crippen LogP contribution in [0.25, 0.3) is 10.2 Å². The number of rotatable bonds is 4. The molecule has 0 saturated heterocycles. The Kier molecular flexibility index (Phi) is 5.11. The van der Waals surface area contributed by atoms with Crippen LogP contribution in [0, 0.1) is 18.6 Å². The molecule has 0 saturated carbocycles. The van der Waals surface area contributed by atoms with E-state index in [0.717, 1.165) is 34.6 Å². The molecular weight excluding hydrogens is 398 g/mol. The average molecular weight is 412 g/mol. The third-order valence-electron chi connectivity index (χ3n) is 3.73. The van der Waals surface area contributed by atoms with E-state index >= 15 is 0 Å². The Balaban J connectivity index is 2.27. The molecule has 1 aromatic heterocycles. The minimum absolute atomic E-state index is 0.0539. The van der Waals surface area contributed by atoms with Gasteiger partial charge in [-0.2, -0.15) is 8.42 Å². The topological polar surface area (TPSA) is 77.7 Å². The van der Waals surface area contributed by atoms with E-state index in [1.807, 2.05) is 0 Å². The van der Waals surface area contributed by atoms with Crippen LogP contribution in [0.1, 0.15) is 5.56 Å². The zero-order chi connectivity index (χ0) is 19.8. The number of esters is 1. The summed E-state index contributed by atoms with van der Waals surface area (Å²) in [5, 5.41) is 0. The smallest absolute Gasteiger partial charge is 0.325 e. The maximum Gasteiger partial charge on any atom is 0.325 e. The normalized spacial score (nSPS) is 12.5. The first-order chi connectivity index (χ1) is 12.7. The van der Waals surface area contributed by atoms with Crippen molar-refractivity contribution in [3.8, 4) is 0 Å². The van der Waals surface area contributed by atoms with Crippen LogP contribution in [0.5, 0.6) is 0 Å². The van der Waals surface area contributed by atoms with Crippen LogP contribution < -0.4 is 4.80 Å². The van der Waals surface area contributed by atoms with E-state index in [0.29, 0.717) is 6.07 Å². The first-order valence-corrected chi connectivity index (χ1v) is 9.90. The molecule has 0 N–H and O–H groups in total. The molecule has 0 aliphatic carbocycles. The minimum Gasteiger partial charge on any atom is -0.468 e. The van der Waals surface area contributed by atoms with Crippen molar-refractivity contribution in [3.05, 3.63) is 58.4 Å². The SMILES string of the molecule is COC(=O)Cn1/c(=N/S(=O)(=O)c2ccc(C)cc2)sc2cc(F)cc(F)c21. The van der Waals surface area contributed by atoms with Crippen LogP contribution >= 0.6 is 11.3 Å². The standard InChI is InChI=1S/C17H14F2N2O4S2/c1-10-3-5-12(6-4-10)27(23,24)20-17-21(9-15(22)25-2)16-13(19)7-11(18)8-14(16)26-17/h3-8H,9H2,1-2H3/b20-17-. The van der Waals surface area contributed by atoms with E-state index in [4.69, 9.17) is 0 Å². The van der Waals surface area contributed by atoms with Crippen molar-refractivity contribution in [2.45, 2.75) is 18.4 Å². The number of ether oxygens (including phenoxy) is 1. The van der Waals surface area contributed by atoms with Gasteiger partial charge in [-0.05, 0) is 25.1 Å². The molecule has 142 valence electrons. The number of sulfonamides is 1. The Morgan fingerprint density at radius 2 is 1.89 bits per heavy atom. The second-order valence-corrected chi connectivity index (χ2v) is 8.27. The van der Waals surface area contributed by atoms with Gasteiger partial charge in [-0.3, -0.25) is 4.79 Å². The number of halogens is 2. The summed E-state index contributed by atoms with van der Waals surface area (Å²) in [6.45, 7) is 1.34. The van der Waals surface area contributed by atoms with Crippen molar-refractivity contribution in [1.82, 2.24) is 4.57 Å². The first kappa shape index (κ1) is 19.2. The van der Waals surface area contributed by atoms with E-state index in [2.05, 4.69) is 9.13 Å². The number of carbonyl (C=O) groups excluding carboxylic acids is 1. The molecule has 27 heavy (non-hydrogen) atoms. The average Bonchev–Trinajstić information content (AvgIpc) is 2.91. The summed E-state index contributed by atoms with van der Waals surface area (Å²) in [5.41, 5.74) is 0.749. The summed E-state index contributed by atoms with van der Waals surface area (Å²) >= 11 is 0.759. The number of thiazole rings is 1. The van der Waals surface area contributed by atoms with Crippen LogP contribution in [0.3, 0.4) is 0 Å². The summed E-state index contributed by atoms with van der Waals surface area (Å²) in [4.78, 5) is 11.5. The molecule has 0 amide bonds. The molecule has 0 spiro atoms. The van der Waals surface area contributed by atoms with Gasteiger partial charge in [-0.25, -0.2) is 8.78 Å². The lowest BCUT2D eigenvalue weighted by Crippen LogP contribution is -2.23. The van der Waals surface area contributed by atoms with Crippen LogP contribution in [0.2, 0.25) is 0 Å². The zero-order valence-electron chi connectivity index (χ0n) is 14.3. The molecule has 0 fully saturated rings. The molecule has 1 heterocycles. The number of fused-ring (bicyclic) bond motifs is 1. The van der Waals surface area contributed by atoms with Crippen molar-refractivity contribution in [3.63, 3.8) is 0 Å². The van der Waals surface area contributed by atoms with Gasteiger partial charge >= 0.3 is 5.97 Å². The van der Waals surface area contributed by atoms with Crippen molar-refractivity contribution in [2.75, 3.05) is 7.11 Å². The van der Waals surface area contributed by atoms with Gasteiger partial charge in [0.05, 0.1) is 22.2 Å². The van der Waals surface area contributed by atoms with Crippen molar-refractivity contribution in [2.24, 2.45) is 4.40 Å². The maximum atomic E-state index is 14.3. The fourth-order valence-electron chi connectivity index (χ4n) is 2.41. The van der Waals surface area contributed by atoms with Gasteiger partial charge < -0.3 is 9.30 Å². The van der Waals surface area contributed by atoms with E-state index in [1.165, 1.54) is 12.1 Å². The predicted molar refractivity (Wildman–Crippen MR) is 95.7 cm³/mol. The summed E-state index contributed by atoms with van der Waals surface area (Å²) in [6, 6.07) is 7.73. The Hall–Kier alpha value is -2.59. The third-order valence-corrected chi connectivity index (χ3v) is 6.15. The first-order valence-electron chi connectivity index (χ1n) is 7.64. The molecule has 3 rings (SSSR count). The Morgan fingerprint density at radius 1 is 1.22 bits per heavy atom. The number of aromatic nitrogens is 1. The number of hydrogen-bond donors (Lipinski definition) is 0. The van der Waals surface area contributed by atoms with Crippen LogP contribution in [-0.2, 0) is 26.1 Å². The Labute approximate surface area is 157 Å². The number of carbonyl (C=O) groups is 1. The molecule has 0 atom stereocenters. The number of aryl methyl sites for hydroxylation is 1. The van der Waals surface area contributed by atoms with E-state index in [1.54, 1.807) is 19.1 Å². The quantitative estimate of drug-likeness (QED) is 0.618. The maximum absolute atomic E-state index is 14.3. The number of benzene rings is 2. The molecule has 0 unspecified atom stereocenters.